The normalized spacial score (nSPS) is 19.8. The summed E-state index contributed by atoms with van der Waals surface area (Å²) < 4.78 is 5.65. The predicted octanol–water partition coefficient (Wildman–Crippen LogP) is 1.08. The first-order valence-corrected chi connectivity index (χ1v) is 4.96. The summed E-state index contributed by atoms with van der Waals surface area (Å²) in [7, 11) is 4.07. The number of nitrogens with zero attached hydrogens (tertiary/aromatic N) is 1. The number of carbonyl (C=O) groups is 1. The highest BCUT2D eigenvalue weighted by Gasteiger charge is 2.18. The molecule has 0 saturated heterocycles. The molecule has 1 saturated carbocycles. The second-order valence-electron chi connectivity index (χ2n) is 3.91. The van der Waals surface area contributed by atoms with E-state index in [0.717, 1.165) is 26.0 Å². The van der Waals surface area contributed by atoms with Crippen molar-refractivity contribution in [2.24, 2.45) is 0 Å². The zero-order valence-corrected chi connectivity index (χ0v) is 8.58. The summed E-state index contributed by atoms with van der Waals surface area (Å²) in [6, 6.07) is 0. The van der Waals surface area contributed by atoms with Gasteiger partial charge in [0.15, 0.2) is 0 Å². The number of likely N-dealkylation sites (N-methyl/N-ethyl adjacent to an activating group) is 1. The maximum Gasteiger partial charge on any atom is 0.133 e. The maximum atomic E-state index is 10.9. The summed E-state index contributed by atoms with van der Waals surface area (Å²) in [5.74, 6) is 0.396. The lowest BCUT2D eigenvalue weighted by molar-refractivity contribution is -0.123. The Balaban J connectivity index is 2.05. The zero-order chi connectivity index (χ0) is 9.68. The van der Waals surface area contributed by atoms with Crippen molar-refractivity contribution in [1.82, 2.24) is 4.90 Å². The second-order valence-corrected chi connectivity index (χ2v) is 3.91. The molecule has 76 valence electrons. The molecule has 1 aliphatic carbocycles. The van der Waals surface area contributed by atoms with Crippen LogP contribution in [-0.4, -0.2) is 44.0 Å². The molecule has 0 unspecified atom stereocenters. The highest BCUT2D eigenvalue weighted by Crippen LogP contribution is 2.17. The van der Waals surface area contributed by atoms with E-state index < -0.39 is 0 Å². The third-order valence-corrected chi connectivity index (χ3v) is 2.38. The minimum Gasteiger partial charge on any atom is -0.377 e. The molecular weight excluding hydrogens is 166 g/mol. The van der Waals surface area contributed by atoms with Crippen molar-refractivity contribution >= 4 is 5.78 Å². The van der Waals surface area contributed by atoms with Crippen LogP contribution in [0.25, 0.3) is 0 Å². The maximum absolute atomic E-state index is 10.9. The van der Waals surface area contributed by atoms with Crippen LogP contribution in [0, 0.1) is 0 Å². The van der Waals surface area contributed by atoms with Gasteiger partial charge in [0.2, 0.25) is 0 Å². The van der Waals surface area contributed by atoms with E-state index in [1.165, 1.54) is 0 Å². The third kappa shape index (κ3) is 4.39. The molecule has 0 aromatic carbocycles. The standard InChI is InChI=1S/C10H19NO2/c1-11(2)7-8-13-10-5-3-9(12)4-6-10/h10H,3-8H2,1-2H3. The molecule has 13 heavy (non-hydrogen) atoms. The van der Waals surface area contributed by atoms with Gasteiger partial charge in [-0.3, -0.25) is 4.79 Å². The fourth-order valence-corrected chi connectivity index (χ4v) is 1.48. The van der Waals surface area contributed by atoms with Gasteiger partial charge in [-0.25, -0.2) is 0 Å². The van der Waals surface area contributed by atoms with E-state index in [2.05, 4.69) is 4.90 Å². The van der Waals surface area contributed by atoms with Gasteiger partial charge in [-0.2, -0.15) is 0 Å². The minimum absolute atomic E-state index is 0.331. The SMILES string of the molecule is CN(C)CCOC1CCC(=O)CC1. The van der Waals surface area contributed by atoms with Crippen molar-refractivity contribution < 1.29 is 9.53 Å². The number of hydrogen-bond acceptors (Lipinski definition) is 3. The van der Waals surface area contributed by atoms with Crippen molar-refractivity contribution in [3.63, 3.8) is 0 Å². The monoisotopic (exact) mass is 185 g/mol. The van der Waals surface area contributed by atoms with E-state index in [4.69, 9.17) is 4.74 Å². The molecule has 0 aromatic heterocycles. The van der Waals surface area contributed by atoms with Crippen LogP contribution in [-0.2, 0) is 9.53 Å². The topological polar surface area (TPSA) is 29.5 Å². The largest absolute Gasteiger partial charge is 0.377 e. The summed E-state index contributed by atoms with van der Waals surface area (Å²) in [6.07, 6.45) is 3.61. The number of ether oxygens (including phenoxy) is 1. The minimum atomic E-state index is 0.331. The van der Waals surface area contributed by atoms with Crippen LogP contribution in [0.4, 0.5) is 0 Å². The Kier molecular flexibility index (Phi) is 4.39. The molecule has 3 heteroatoms. The lowest BCUT2D eigenvalue weighted by atomic mass is 9.97. The number of carbonyl (C=O) groups excluding carboxylic acids is 1. The van der Waals surface area contributed by atoms with Crippen LogP contribution < -0.4 is 0 Å². The van der Waals surface area contributed by atoms with Gasteiger partial charge in [-0.15, -0.1) is 0 Å². The quantitative estimate of drug-likeness (QED) is 0.656. The summed E-state index contributed by atoms with van der Waals surface area (Å²) in [4.78, 5) is 13.0. The van der Waals surface area contributed by atoms with E-state index >= 15 is 0 Å². The fraction of sp³-hybridized carbons (Fsp3) is 0.900. The Morgan fingerprint density at radius 3 is 2.54 bits per heavy atom. The van der Waals surface area contributed by atoms with Gasteiger partial charge < -0.3 is 9.64 Å². The molecule has 0 heterocycles. The number of rotatable bonds is 4. The van der Waals surface area contributed by atoms with Crippen molar-refractivity contribution in [2.45, 2.75) is 31.8 Å². The highest BCUT2D eigenvalue weighted by molar-refractivity contribution is 5.79. The Hall–Kier alpha value is -0.410. The van der Waals surface area contributed by atoms with E-state index in [9.17, 15) is 4.79 Å². The summed E-state index contributed by atoms with van der Waals surface area (Å²) >= 11 is 0. The molecule has 0 spiro atoms. The fourth-order valence-electron chi connectivity index (χ4n) is 1.48. The van der Waals surface area contributed by atoms with Gasteiger partial charge in [0.05, 0.1) is 12.7 Å². The highest BCUT2D eigenvalue weighted by atomic mass is 16.5. The lowest BCUT2D eigenvalue weighted by Gasteiger charge is -2.22. The van der Waals surface area contributed by atoms with Crippen LogP contribution in [0.5, 0.6) is 0 Å². The van der Waals surface area contributed by atoms with Crippen LogP contribution >= 0.6 is 0 Å². The molecule has 0 aromatic rings. The van der Waals surface area contributed by atoms with Gasteiger partial charge in [0, 0.05) is 19.4 Å². The Labute approximate surface area is 80.1 Å². The van der Waals surface area contributed by atoms with Crippen molar-refractivity contribution in [3.05, 3.63) is 0 Å². The average Bonchev–Trinajstić information content (AvgIpc) is 2.08. The van der Waals surface area contributed by atoms with E-state index in [1.54, 1.807) is 0 Å². The second kappa shape index (κ2) is 5.35. The van der Waals surface area contributed by atoms with Crippen LogP contribution in [0.1, 0.15) is 25.7 Å². The molecule has 0 radical (unpaired) electrons. The molecule has 1 rings (SSSR count). The van der Waals surface area contributed by atoms with Crippen molar-refractivity contribution in [2.75, 3.05) is 27.2 Å². The first-order valence-electron chi connectivity index (χ1n) is 4.96. The van der Waals surface area contributed by atoms with Gasteiger partial charge in [0.1, 0.15) is 5.78 Å². The summed E-state index contributed by atoms with van der Waals surface area (Å²) in [5, 5.41) is 0. The van der Waals surface area contributed by atoms with Gasteiger partial charge >= 0.3 is 0 Å². The third-order valence-electron chi connectivity index (χ3n) is 2.38. The zero-order valence-electron chi connectivity index (χ0n) is 8.58. The molecule has 1 fully saturated rings. The molecule has 1 aliphatic rings. The van der Waals surface area contributed by atoms with E-state index in [-0.39, 0.29) is 0 Å². The molecule has 3 nitrogen and oxygen atoms in total. The summed E-state index contributed by atoms with van der Waals surface area (Å²) in [5.41, 5.74) is 0. The number of ketones is 1. The predicted molar refractivity (Wildman–Crippen MR) is 51.8 cm³/mol. The van der Waals surface area contributed by atoms with Gasteiger partial charge in [-0.05, 0) is 26.9 Å². The van der Waals surface area contributed by atoms with Crippen LogP contribution in [0.2, 0.25) is 0 Å². The molecule has 0 atom stereocenters. The molecule has 0 amide bonds. The number of hydrogen-bond donors (Lipinski definition) is 0. The Morgan fingerprint density at radius 2 is 2.00 bits per heavy atom. The smallest absolute Gasteiger partial charge is 0.133 e. The van der Waals surface area contributed by atoms with Crippen LogP contribution in [0.3, 0.4) is 0 Å². The van der Waals surface area contributed by atoms with Gasteiger partial charge in [0.25, 0.3) is 0 Å². The number of Topliss-reactive ketones (excluding diaryl/α,β-unsaturated/α-hetero) is 1. The van der Waals surface area contributed by atoms with Crippen molar-refractivity contribution in [1.29, 1.82) is 0 Å². The Morgan fingerprint density at radius 1 is 1.38 bits per heavy atom. The van der Waals surface area contributed by atoms with Crippen LogP contribution in [0.15, 0.2) is 0 Å². The molecular formula is C10H19NO2. The van der Waals surface area contributed by atoms with Crippen molar-refractivity contribution in [3.8, 4) is 0 Å². The molecule has 0 aliphatic heterocycles. The van der Waals surface area contributed by atoms with E-state index in [1.807, 2.05) is 14.1 Å². The van der Waals surface area contributed by atoms with E-state index in [0.29, 0.717) is 24.7 Å². The Bertz CT molecular complexity index is 158. The molecule has 0 bridgehead atoms. The summed E-state index contributed by atoms with van der Waals surface area (Å²) in [6.45, 7) is 1.75. The first kappa shape index (κ1) is 10.7. The molecule has 0 N–H and O–H groups in total. The average molecular weight is 185 g/mol. The lowest BCUT2D eigenvalue weighted by Crippen LogP contribution is -2.25. The first-order chi connectivity index (χ1) is 6.18. The van der Waals surface area contributed by atoms with Gasteiger partial charge in [-0.1, -0.05) is 0 Å².